The van der Waals surface area contributed by atoms with Gasteiger partial charge in [0, 0.05) is 29.6 Å². The Morgan fingerprint density at radius 1 is 1.07 bits per heavy atom. The molecule has 5 nitrogen and oxygen atoms in total. The Hall–Kier alpha value is -3.28. The molecular weight excluding hydrogens is 373 g/mol. The highest BCUT2D eigenvalue weighted by Gasteiger charge is 2.18. The van der Waals surface area contributed by atoms with Crippen LogP contribution in [0.2, 0.25) is 0 Å². The highest BCUT2D eigenvalue weighted by Crippen LogP contribution is 2.35. The predicted molar refractivity (Wildman–Crippen MR) is 106 cm³/mol. The average molecular weight is 395 g/mol. The number of halogens is 1. The lowest BCUT2D eigenvalue weighted by atomic mass is 10.1. The molecule has 0 radical (unpaired) electrons. The van der Waals surface area contributed by atoms with Crippen molar-refractivity contribution in [3.8, 4) is 17.2 Å². The summed E-state index contributed by atoms with van der Waals surface area (Å²) in [6, 6.07) is 13.6. The van der Waals surface area contributed by atoms with Crippen molar-refractivity contribution in [2.75, 3.05) is 13.4 Å². The third kappa shape index (κ3) is 4.11. The standard InChI is InChI=1S/C23H22FNO4/c1-15-11-20(16(2)25(15)10-9-17-3-5-18(24)6-4-17)21(26)13-27-19-7-8-22-23(12-19)29-14-28-22/h3-8,11-12H,9-10,13-14H2,1-2H3. The number of aryl methyl sites for hydroxylation is 2. The number of benzene rings is 2. The van der Waals surface area contributed by atoms with Crippen molar-refractivity contribution < 1.29 is 23.4 Å². The number of ketones is 1. The van der Waals surface area contributed by atoms with E-state index in [2.05, 4.69) is 4.57 Å². The smallest absolute Gasteiger partial charge is 0.231 e. The van der Waals surface area contributed by atoms with E-state index in [1.807, 2.05) is 19.9 Å². The van der Waals surface area contributed by atoms with Crippen LogP contribution in [0.5, 0.6) is 17.2 Å². The van der Waals surface area contributed by atoms with E-state index in [9.17, 15) is 9.18 Å². The number of Topliss-reactive ketones (excluding diaryl/α,β-unsaturated/α-hetero) is 1. The van der Waals surface area contributed by atoms with Gasteiger partial charge in [0.05, 0.1) is 0 Å². The molecule has 1 aromatic heterocycles. The maximum Gasteiger partial charge on any atom is 0.231 e. The van der Waals surface area contributed by atoms with Crippen LogP contribution < -0.4 is 14.2 Å². The summed E-state index contributed by atoms with van der Waals surface area (Å²) in [5.74, 6) is 1.54. The van der Waals surface area contributed by atoms with Gasteiger partial charge in [-0.15, -0.1) is 0 Å². The lowest BCUT2D eigenvalue weighted by Crippen LogP contribution is -2.13. The molecule has 0 amide bonds. The van der Waals surface area contributed by atoms with Crippen LogP contribution in [0.4, 0.5) is 4.39 Å². The van der Waals surface area contributed by atoms with Crippen molar-refractivity contribution in [3.63, 3.8) is 0 Å². The highest BCUT2D eigenvalue weighted by molar-refractivity contribution is 5.98. The van der Waals surface area contributed by atoms with E-state index < -0.39 is 0 Å². The minimum atomic E-state index is -0.239. The number of hydrogen-bond donors (Lipinski definition) is 0. The van der Waals surface area contributed by atoms with E-state index in [0.29, 0.717) is 22.8 Å². The van der Waals surface area contributed by atoms with Gasteiger partial charge in [0.1, 0.15) is 11.6 Å². The van der Waals surface area contributed by atoms with Crippen LogP contribution in [0.3, 0.4) is 0 Å². The zero-order chi connectivity index (χ0) is 20.4. The summed E-state index contributed by atoms with van der Waals surface area (Å²) in [6.07, 6.45) is 0.762. The van der Waals surface area contributed by atoms with Crippen LogP contribution >= 0.6 is 0 Å². The van der Waals surface area contributed by atoms with Crippen LogP contribution in [0, 0.1) is 19.7 Å². The lowest BCUT2D eigenvalue weighted by Gasteiger charge is -2.10. The van der Waals surface area contributed by atoms with Gasteiger partial charge < -0.3 is 18.8 Å². The van der Waals surface area contributed by atoms with Crippen molar-refractivity contribution in [2.45, 2.75) is 26.8 Å². The minimum Gasteiger partial charge on any atom is -0.485 e. The number of nitrogens with zero attached hydrogens (tertiary/aromatic N) is 1. The van der Waals surface area contributed by atoms with Gasteiger partial charge in [-0.3, -0.25) is 4.79 Å². The number of fused-ring (bicyclic) bond motifs is 1. The van der Waals surface area contributed by atoms with Gasteiger partial charge in [-0.25, -0.2) is 4.39 Å². The molecule has 6 heteroatoms. The molecule has 29 heavy (non-hydrogen) atoms. The van der Waals surface area contributed by atoms with Crippen LogP contribution in [0.15, 0.2) is 48.5 Å². The van der Waals surface area contributed by atoms with E-state index >= 15 is 0 Å². The molecule has 1 aliphatic rings. The zero-order valence-electron chi connectivity index (χ0n) is 16.4. The number of ether oxygens (including phenoxy) is 3. The quantitative estimate of drug-likeness (QED) is 0.554. The second-order valence-electron chi connectivity index (χ2n) is 7.04. The Morgan fingerprint density at radius 2 is 1.83 bits per heavy atom. The molecule has 2 heterocycles. The summed E-state index contributed by atoms with van der Waals surface area (Å²) < 4.78 is 31.4. The van der Waals surface area contributed by atoms with Gasteiger partial charge in [0.25, 0.3) is 0 Å². The molecule has 0 bridgehead atoms. The van der Waals surface area contributed by atoms with Crippen molar-refractivity contribution in [1.82, 2.24) is 4.57 Å². The molecule has 0 spiro atoms. The van der Waals surface area contributed by atoms with Gasteiger partial charge >= 0.3 is 0 Å². The maximum absolute atomic E-state index is 13.1. The third-order valence-electron chi connectivity index (χ3n) is 5.13. The summed E-state index contributed by atoms with van der Waals surface area (Å²) in [5, 5.41) is 0. The summed E-state index contributed by atoms with van der Waals surface area (Å²) >= 11 is 0. The molecule has 0 N–H and O–H groups in total. The number of rotatable bonds is 7. The van der Waals surface area contributed by atoms with Gasteiger partial charge in [0.15, 0.2) is 18.1 Å². The summed E-state index contributed by atoms with van der Waals surface area (Å²) in [6.45, 7) is 4.78. The summed E-state index contributed by atoms with van der Waals surface area (Å²) in [4.78, 5) is 12.7. The van der Waals surface area contributed by atoms with E-state index in [4.69, 9.17) is 14.2 Å². The second-order valence-corrected chi connectivity index (χ2v) is 7.04. The highest BCUT2D eigenvalue weighted by atomic mass is 19.1. The predicted octanol–water partition coefficient (Wildman–Crippen LogP) is 4.48. The maximum atomic E-state index is 13.1. The van der Waals surface area contributed by atoms with Crippen LogP contribution in [-0.4, -0.2) is 23.8 Å². The first-order chi connectivity index (χ1) is 14.0. The zero-order valence-corrected chi connectivity index (χ0v) is 16.4. The van der Waals surface area contributed by atoms with Crippen LogP contribution in [0.25, 0.3) is 0 Å². The molecular formula is C23H22FNO4. The molecule has 0 fully saturated rings. The van der Waals surface area contributed by atoms with E-state index in [-0.39, 0.29) is 25.0 Å². The summed E-state index contributed by atoms with van der Waals surface area (Å²) in [7, 11) is 0. The Kier molecular flexibility index (Phi) is 5.25. The molecule has 1 aliphatic heterocycles. The molecule has 0 saturated heterocycles. The Labute approximate surface area is 168 Å². The van der Waals surface area contributed by atoms with Crippen LogP contribution in [0.1, 0.15) is 27.3 Å². The SMILES string of the molecule is Cc1cc(C(=O)COc2ccc3c(c2)OCO3)c(C)n1CCc1ccc(F)cc1. The first-order valence-corrected chi connectivity index (χ1v) is 9.48. The Bertz CT molecular complexity index is 1040. The largest absolute Gasteiger partial charge is 0.485 e. The van der Waals surface area contributed by atoms with E-state index in [1.165, 1.54) is 12.1 Å². The average Bonchev–Trinajstić information content (AvgIpc) is 3.30. The monoisotopic (exact) mass is 395 g/mol. The fourth-order valence-electron chi connectivity index (χ4n) is 3.51. The molecule has 0 saturated carbocycles. The summed E-state index contributed by atoms with van der Waals surface area (Å²) in [5.41, 5.74) is 3.63. The second kappa shape index (κ2) is 7.99. The molecule has 150 valence electrons. The number of aromatic nitrogens is 1. The number of hydrogen-bond acceptors (Lipinski definition) is 4. The lowest BCUT2D eigenvalue weighted by molar-refractivity contribution is 0.0920. The van der Waals surface area contributed by atoms with Crippen molar-refractivity contribution in [3.05, 3.63) is 76.9 Å². The molecule has 0 atom stereocenters. The molecule has 2 aromatic carbocycles. The molecule has 0 aliphatic carbocycles. The molecule has 4 rings (SSSR count). The fraction of sp³-hybridized carbons (Fsp3) is 0.261. The first kappa shape index (κ1) is 19.1. The van der Waals surface area contributed by atoms with Gasteiger partial charge in [-0.2, -0.15) is 0 Å². The number of carbonyl (C=O) groups is 1. The molecule has 0 unspecified atom stereocenters. The van der Waals surface area contributed by atoms with Gasteiger partial charge in [-0.1, -0.05) is 12.1 Å². The van der Waals surface area contributed by atoms with Gasteiger partial charge in [-0.05, 0) is 56.2 Å². The third-order valence-corrected chi connectivity index (χ3v) is 5.13. The number of carbonyl (C=O) groups excluding carboxylic acids is 1. The normalized spacial score (nSPS) is 12.2. The fourth-order valence-corrected chi connectivity index (χ4v) is 3.51. The molecule has 3 aromatic rings. The van der Waals surface area contributed by atoms with Crippen molar-refractivity contribution >= 4 is 5.78 Å². The Morgan fingerprint density at radius 3 is 2.62 bits per heavy atom. The van der Waals surface area contributed by atoms with Crippen molar-refractivity contribution in [1.29, 1.82) is 0 Å². The van der Waals surface area contributed by atoms with E-state index in [0.717, 1.165) is 29.9 Å². The van der Waals surface area contributed by atoms with Crippen molar-refractivity contribution in [2.24, 2.45) is 0 Å². The minimum absolute atomic E-state index is 0.0537. The van der Waals surface area contributed by atoms with E-state index in [1.54, 1.807) is 30.3 Å². The first-order valence-electron chi connectivity index (χ1n) is 9.48. The Balaban J connectivity index is 1.41. The van der Waals surface area contributed by atoms with Gasteiger partial charge in [0.2, 0.25) is 12.6 Å². The van der Waals surface area contributed by atoms with Crippen LogP contribution in [-0.2, 0) is 13.0 Å². The topological polar surface area (TPSA) is 49.7 Å².